The summed E-state index contributed by atoms with van der Waals surface area (Å²) in [6.45, 7) is 6.62. The van der Waals surface area contributed by atoms with Crippen molar-refractivity contribution in [3.05, 3.63) is 12.0 Å². The first kappa shape index (κ1) is 8.11. The van der Waals surface area contributed by atoms with Crippen molar-refractivity contribution in [1.82, 2.24) is 4.98 Å². The highest BCUT2D eigenvalue weighted by Crippen LogP contribution is 2.17. The van der Waals surface area contributed by atoms with Crippen LogP contribution in [0.1, 0.15) is 32.4 Å². The molecule has 1 aromatic heterocycles. The van der Waals surface area contributed by atoms with Crippen LogP contribution in [0, 0.1) is 0 Å². The van der Waals surface area contributed by atoms with Crippen molar-refractivity contribution in [2.45, 2.75) is 26.7 Å². The molecule has 0 saturated heterocycles. The van der Waals surface area contributed by atoms with Gasteiger partial charge in [0.25, 0.3) is 0 Å². The monoisotopic (exact) mass is 155 g/mol. The molecule has 0 spiro atoms. The van der Waals surface area contributed by atoms with Gasteiger partial charge in [0.05, 0.1) is 12.3 Å². The summed E-state index contributed by atoms with van der Waals surface area (Å²) in [5.74, 6) is 0.396. The number of hydrogen-bond acceptors (Lipinski definition) is 3. The topological polar surface area (TPSA) is 35.3 Å². The van der Waals surface area contributed by atoms with Gasteiger partial charge in [-0.05, 0) is 12.8 Å². The van der Waals surface area contributed by atoms with Crippen molar-refractivity contribution in [2.75, 3.05) is 6.61 Å². The van der Waals surface area contributed by atoms with Crippen molar-refractivity contribution in [3.63, 3.8) is 0 Å². The number of aromatic nitrogens is 1. The molecular weight excluding hydrogens is 142 g/mol. The van der Waals surface area contributed by atoms with E-state index in [0.29, 0.717) is 18.6 Å². The van der Waals surface area contributed by atoms with Crippen LogP contribution >= 0.6 is 0 Å². The van der Waals surface area contributed by atoms with Crippen molar-refractivity contribution < 1.29 is 9.15 Å². The molecule has 0 fully saturated rings. The van der Waals surface area contributed by atoms with Gasteiger partial charge in [0.1, 0.15) is 6.26 Å². The molecular formula is C8H13NO2. The molecule has 0 aliphatic carbocycles. The van der Waals surface area contributed by atoms with Crippen molar-refractivity contribution in [3.8, 4) is 6.08 Å². The second-order valence-corrected chi connectivity index (χ2v) is 2.63. The molecule has 0 aromatic carbocycles. The Morgan fingerprint density at radius 2 is 2.36 bits per heavy atom. The molecule has 62 valence electrons. The van der Waals surface area contributed by atoms with Gasteiger partial charge in [-0.2, -0.15) is 4.98 Å². The lowest BCUT2D eigenvalue weighted by molar-refractivity contribution is 0.244. The van der Waals surface area contributed by atoms with Gasteiger partial charge in [0, 0.05) is 0 Å². The Hall–Kier alpha value is -0.990. The van der Waals surface area contributed by atoms with Crippen LogP contribution in [0.3, 0.4) is 0 Å². The molecule has 1 aromatic rings. The zero-order valence-corrected chi connectivity index (χ0v) is 7.13. The summed E-state index contributed by atoms with van der Waals surface area (Å²) < 4.78 is 10.1. The second kappa shape index (κ2) is 3.42. The summed E-state index contributed by atoms with van der Waals surface area (Å²) in [5, 5.41) is 0. The van der Waals surface area contributed by atoms with E-state index >= 15 is 0 Å². The fourth-order valence-corrected chi connectivity index (χ4v) is 0.724. The van der Waals surface area contributed by atoms with E-state index in [0.717, 1.165) is 5.69 Å². The van der Waals surface area contributed by atoms with E-state index in [1.54, 1.807) is 6.26 Å². The third-order valence-corrected chi connectivity index (χ3v) is 1.36. The SMILES string of the molecule is CCOc1nc(C(C)C)co1. The van der Waals surface area contributed by atoms with E-state index < -0.39 is 0 Å². The molecule has 0 unspecified atom stereocenters. The Morgan fingerprint density at radius 3 is 2.82 bits per heavy atom. The predicted molar refractivity (Wildman–Crippen MR) is 41.8 cm³/mol. The van der Waals surface area contributed by atoms with E-state index in [-0.39, 0.29) is 0 Å². The summed E-state index contributed by atoms with van der Waals surface area (Å²) in [5.41, 5.74) is 0.938. The smallest absolute Gasteiger partial charge is 0.393 e. The highest BCUT2D eigenvalue weighted by molar-refractivity contribution is 5.03. The highest BCUT2D eigenvalue weighted by Gasteiger charge is 2.06. The molecule has 0 saturated carbocycles. The maximum absolute atomic E-state index is 5.06. The fraction of sp³-hybridized carbons (Fsp3) is 0.625. The number of ether oxygens (including phenoxy) is 1. The van der Waals surface area contributed by atoms with Crippen LogP contribution < -0.4 is 4.74 Å². The van der Waals surface area contributed by atoms with Gasteiger partial charge in [-0.25, -0.2) is 0 Å². The minimum absolute atomic E-state index is 0.371. The van der Waals surface area contributed by atoms with Crippen LogP contribution in [-0.2, 0) is 0 Å². The van der Waals surface area contributed by atoms with Crippen LogP contribution in [0.5, 0.6) is 6.08 Å². The van der Waals surface area contributed by atoms with E-state index in [2.05, 4.69) is 18.8 Å². The minimum Gasteiger partial charge on any atom is -0.450 e. The van der Waals surface area contributed by atoms with Crippen molar-refractivity contribution >= 4 is 0 Å². The van der Waals surface area contributed by atoms with Crippen molar-refractivity contribution in [1.29, 1.82) is 0 Å². The first-order valence-corrected chi connectivity index (χ1v) is 3.82. The maximum Gasteiger partial charge on any atom is 0.393 e. The Balaban J connectivity index is 2.66. The summed E-state index contributed by atoms with van der Waals surface area (Å²) in [4.78, 5) is 4.11. The lowest BCUT2D eigenvalue weighted by atomic mass is 10.2. The third kappa shape index (κ3) is 1.97. The Labute approximate surface area is 66.4 Å². The Morgan fingerprint density at radius 1 is 1.64 bits per heavy atom. The molecule has 0 aliphatic heterocycles. The molecule has 0 amide bonds. The van der Waals surface area contributed by atoms with Crippen LogP contribution in [0.15, 0.2) is 10.7 Å². The van der Waals surface area contributed by atoms with E-state index in [9.17, 15) is 0 Å². The summed E-state index contributed by atoms with van der Waals surface area (Å²) in [7, 11) is 0. The molecule has 3 heteroatoms. The molecule has 1 heterocycles. The number of rotatable bonds is 3. The van der Waals surface area contributed by atoms with Gasteiger partial charge in [-0.3, -0.25) is 0 Å². The second-order valence-electron chi connectivity index (χ2n) is 2.63. The van der Waals surface area contributed by atoms with Crippen LogP contribution in [0.4, 0.5) is 0 Å². The van der Waals surface area contributed by atoms with Gasteiger partial charge in [0.15, 0.2) is 0 Å². The molecule has 1 rings (SSSR count). The largest absolute Gasteiger partial charge is 0.450 e. The Kier molecular flexibility index (Phi) is 2.52. The summed E-state index contributed by atoms with van der Waals surface area (Å²) >= 11 is 0. The minimum atomic E-state index is 0.371. The summed E-state index contributed by atoms with van der Waals surface area (Å²) in [6.07, 6.45) is 2.01. The summed E-state index contributed by atoms with van der Waals surface area (Å²) in [6, 6.07) is 0. The van der Waals surface area contributed by atoms with E-state index in [1.165, 1.54) is 0 Å². The van der Waals surface area contributed by atoms with Gasteiger partial charge < -0.3 is 9.15 Å². The quantitative estimate of drug-likeness (QED) is 0.671. The van der Waals surface area contributed by atoms with E-state index in [1.807, 2.05) is 6.92 Å². The predicted octanol–water partition coefficient (Wildman–Crippen LogP) is 2.20. The molecule has 11 heavy (non-hydrogen) atoms. The number of nitrogens with zero attached hydrogens (tertiary/aromatic N) is 1. The molecule has 0 bridgehead atoms. The first-order chi connectivity index (χ1) is 5.24. The number of oxazole rings is 1. The third-order valence-electron chi connectivity index (χ3n) is 1.36. The molecule has 0 N–H and O–H groups in total. The lowest BCUT2D eigenvalue weighted by Crippen LogP contribution is -1.92. The molecule has 0 atom stereocenters. The first-order valence-electron chi connectivity index (χ1n) is 3.82. The molecule has 3 nitrogen and oxygen atoms in total. The number of hydrogen-bond donors (Lipinski definition) is 0. The average molecular weight is 155 g/mol. The van der Waals surface area contributed by atoms with Gasteiger partial charge >= 0.3 is 6.08 Å². The zero-order chi connectivity index (χ0) is 8.27. The van der Waals surface area contributed by atoms with Crippen LogP contribution in [0.2, 0.25) is 0 Å². The molecule has 0 radical (unpaired) electrons. The standard InChI is InChI=1S/C8H13NO2/c1-4-10-8-9-7(5-11-8)6(2)3/h5-6H,4H2,1-3H3. The van der Waals surface area contributed by atoms with Crippen LogP contribution in [0.25, 0.3) is 0 Å². The average Bonchev–Trinajstić information content (AvgIpc) is 2.37. The normalized spacial score (nSPS) is 10.5. The highest BCUT2D eigenvalue weighted by atomic mass is 16.6. The van der Waals surface area contributed by atoms with Crippen molar-refractivity contribution in [2.24, 2.45) is 0 Å². The fourth-order valence-electron chi connectivity index (χ4n) is 0.724. The van der Waals surface area contributed by atoms with Gasteiger partial charge in [-0.15, -0.1) is 0 Å². The lowest BCUT2D eigenvalue weighted by Gasteiger charge is -1.95. The van der Waals surface area contributed by atoms with Gasteiger partial charge in [-0.1, -0.05) is 13.8 Å². The Bertz CT molecular complexity index is 218. The van der Waals surface area contributed by atoms with Crippen LogP contribution in [-0.4, -0.2) is 11.6 Å². The van der Waals surface area contributed by atoms with Gasteiger partial charge in [0.2, 0.25) is 0 Å². The maximum atomic E-state index is 5.06. The zero-order valence-electron chi connectivity index (χ0n) is 7.13. The van der Waals surface area contributed by atoms with E-state index in [4.69, 9.17) is 9.15 Å². The molecule has 0 aliphatic rings.